The van der Waals surface area contributed by atoms with Crippen LogP contribution in [0.25, 0.3) is 21.8 Å². The van der Waals surface area contributed by atoms with E-state index in [9.17, 15) is 9.59 Å². The zero-order valence-corrected chi connectivity index (χ0v) is 19.4. The first kappa shape index (κ1) is 21.3. The topological polar surface area (TPSA) is 72.2 Å². The van der Waals surface area contributed by atoms with Crippen LogP contribution in [0.4, 0.5) is 0 Å². The lowest BCUT2D eigenvalue weighted by Gasteiger charge is -2.40. The third-order valence-electron chi connectivity index (χ3n) is 6.83. The first-order valence-corrected chi connectivity index (χ1v) is 11.6. The van der Waals surface area contributed by atoms with Gasteiger partial charge in [-0.15, -0.1) is 0 Å². The molecule has 1 atom stereocenters. The quantitative estimate of drug-likeness (QED) is 0.499. The molecule has 1 fully saturated rings. The monoisotopic (exact) mass is 442 g/mol. The highest BCUT2D eigenvalue weighted by atomic mass is 16.2. The molecule has 170 valence electrons. The first-order chi connectivity index (χ1) is 15.9. The minimum atomic E-state index is -0.00623. The van der Waals surface area contributed by atoms with Crippen LogP contribution < -0.4 is 0 Å². The number of rotatable bonds is 4. The lowest BCUT2D eigenvalue weighted by Crippen LogP contribution is -2.56. The molecule has 1 aliphatic rings. The third kappa shape index (κ3) is 4.13. The molecule has 0 spiro atoms. The van der Waals surface area contributed by atoms with E-state index in [1.807, 2.05) is 29.1 Å². The smallest absolute Gasteiger partial charge is 0.227 e. The molecule has 3 heterocycles. The van der Waals surface area contributed by atoms with Crippen molar-refractivity contribution in [3.05, 3.63) is 71.0 Å². The first-order valence-electron chi connectivity index (χ1n) is 11.6. The molecule has 5 rings (SSSR count). The van der Waals surface area contributed by atoms with Crippen LogP contribution in [-0.4, -0.2) is 57.3 Å². The van der Waals surface area contributed by atoms with Gasteiger partial charge in [-0.25, -0.2) is 0 Å². The largest absolute Gasteiger partial charge is 0.361 e. The molecule has 0 radical (unpaired) electrons. The summed E-state index contributed by atoms with van der Waals surface area (Å²) < 4.78 is 0. The molecule has 4 aromatic rings. The maximum absolute atomic E-state index is 13.1. The van der Waals surface area contributed by atoms with Crippen LogP contribution in [0.15, 0.2) is 48.8 Å². The van der Waals surface area contributed by atoms with E-state index >= 15 is 0 Å². The predicted molar refractivity (Wildman–Crippen MR) is 131 cm³/mol. The molecule has 2 amide bonds. The molecule has 0 bridgehead atoms. The van der Waals surface area contributed by atoms with Crippen LogP contribution in [0.5, 0.6) is 0 Å². The molecule has 2 aromatic heterocycles. The molecule has 1 saturated heterocycles. The van der Waals surface area contributed by atoms with Crippen molar-refractivity contribution in [3.8, 4) is 0 Å². The van der Waals surface area contributed by atoms with Gasteiger partial charge in [-0.3, -0.25) is 9.59 Å². The Bertz CT molecular complexity index is 1350. The van der Waals surface area contributed by atoms with Crippen molar-refractivity contribution in [1.29, 1.82) is 0 Å². The summed E-state index contributed by atoms with van der Waals surface area (Å²) in [6, 6.07) is 12.5. The Hall–Kier alpha value is -3.54. The standard InChI is InChI=1S/C27H30N4O2/c1-17-4-6-22-20(14-28-24(22)10-17)12-26(32)30-8-9-31(19(3)16-30)27(33)13-21-15-29-25-11-18(2)5-7-23(21)25/h4-7,10-11,14-15,19,28-29H,8-9,12-13,16H2,1-3H3/t19-/m0/s1. The molecule has 0 unspecified atom stereocenters. The van der Waals surface area contributed by atoms with Gasteiger partial charge in [0.25, 0.3) is 0 Å². The van der Waals surface area contributed by atoms with Gasteiger partial charge in [0, 0.05) is 59.9 Å². The summed E-state index contributed by atoms with van der Waals surface area (Å²) in [7, 11) is 0. The van der Waals surface area contributed by atoms with Gasteiger partial charge in [-0.1, -0.05) is 24.3 Å². The number of benzene rings is 2. The Kier molecular flexibility index (Phi) is 5.44. The van der Waals surface area contributed by atoms with E-state index in [2.05, 4.69) is 60.2 Å². The molecular formula is C27H30N4O2. The van der Waals surface area contributed by atoms with Crippen molar-refractivity contribution in [2.45, 2.75) is 39.7 Å². The molecule has 0 aliphatic carbocycles. The van der Waals surface area contributed by atoms with Gasteiger partial charge in [-0.2, -0.15) is 0 Å². The number of aromatic nitrogens is 2. The summed E-state index contributed by atoms with van der Waals surface area (Å²) in [6.45, 7) is 7.87. The van der Waals surface area contributed by atoms with E-state index in [-0.39, 0.29) is 17.9 Å². The van der Waals surface area contributed by atoms with Gasteiger partial charge in [0.05, 0.1) is 12.8 Å². The molecule has 6 heteroatoms. The summed E-state index contributed by atoms with van der Waals surface area (Å²) in [5.74, 6) is 0.227. The number of aryl methyl sites for hydroxylation is 2. The zero-order valence-electron chi connectivity index (χ0n) is 19.4. The zero-order chi connectivity index (χ0) is 23.1. The molecule has 1 aliphatic heterocycles. The van der Waals surface area contributed by atoms with Gasteiger partial charge in [0.2, 0.25) is 11.8 Å². The van der Waals surface area contributed by atoms with Crippen molar-refractivity contribution >= 4 is 33.6 Å². The maximum Gasteiger partial charge on any atom is 0.227 e. The van der Waals surface area contributed by atoms with E-state index < -0.39 is 0 Å². The molecule has 2 aromatic carbocycles. The Morgan fingerprint density at radius 1 is 0.848 bits per heavy atom. The molecule has 33 heavy (non-hydrogen) atoms. The highest BCUT2D eigenvalue weighted by Crippen LogP contribution is 2.23. The minimum absolute atomic E-state index is 0.00623. The molecular weight excluding hydrogens is 412 g/mol. The molecule has 0 saturated carbocycles. The highest BCUT2D eigenvalue weighted by molar-refractivity contribution is 5.91. The van der Waals surface area contributed by atoms with Crippen LogP contribution >= 0.6 is 0 Å². The number of H-pyrrole nitrogens is 2. The van der Waals surface area contributed by atoms with Crippen molar-refractivity contribution in [2.24, 2.45) is 0 Å². The van der Waals surface area contributed by atoms with Crippen LogP contribution in [-0.2, 0) is 22.4 Å². The van der Waals surface area contributed by atoms with E-state index in [0.29, 0.717) is 32.5 Å². The fourth-order valence-electron chi connectivity index (χ4n) is 4.99. The van der Waals surface area contributed by atoms with E-state index in [1.54, 1.807) is 0 Å². The number of aromatic amines is 2. The Morgan fingerprint density at radius 2 is 1.39 bits per heavy atom. The average molecular weight is 443 g/mol. The second-order valence-electron chi connectivity index (χ2n) is 9.36. The van der Waals surface area contributed by atoms with Gasteiger partial charge in [0.15, 0.2) is 0 Å². The maximum atomic E-state index is 13.1. The number of carbonyl (C=O) groups is 2. The highest BCUT2D eigenvalue weighted by Gasteiger charge is 2.30. The number of nitrogens with zero attached hydrogens (tertiary/aromatic N) is 2. The summed E-state index contributed by atoms with van der Waals surface area (Å²) in [6.07, 6.45) is 4.62. The molecule has 2 N–H and O–H groups in total. The second kappa shape index (κ2) is 8.43. The molecule has 6 nitrogen and oxygen atoms in total. The Balaban J connectivity index is 1.22. The number of nitrogens with one attached hydrogen (secondary N) is 2. The predicted octanol–water partition coefficient (Wildman–Crippen LogP) is 4.11. The average Bonchev–Trinajstić information content (AvgIpc) is 3.36. The van der Waals surface area contributed by atoms with Crippen molar-refractivity contribution in [3.63, 3.8) is 0 Å². The van der Waals surface area contributed by atoms with Crippen LogP contribution in [0.3, 0.4) is 0 Å². The van der Waals surface area contributed by atoms with E-state index in [0.717, 1.165) is 32.9 Å². The van der Waals surface area contributed by atoms with Crippen LogP contribution in [0, 0.1) is 13.8 Å². The normalized spacial score (nSPS) is 16.6. The Labute approximate surface area is 193 Å². The summed E-state index contributed by atoms with van der Waals surface area (Å²) in [5.41, 5.74) is 6.56. The number of fused-ring (bicyclic) bond motifs is 2. The number of carbonyl (C=O) groups excluding carboxylic acids is 2. The lowest BCUT2D eigenvalue weighted by molar-refractivity contribution is -0.141. The van der Waals surface area contributed by atoms with Gasteiger partial charge < -0.3 is 19.8 Å². The fourth-order valence-corrected chi connectivity index (χ4v) is 4.99. The number of amides is 2. The van der Waals surface area contributed by atoms with Crippen LogP contribution in [0.1, 0.15) is 29.2 Å². The van der Waals surface area contributed by atoms with Crippen molar-refractivity contribution in [2.75, 3.05) is 19.6 Å². The van der Waals surface area contributed by atoms with Crippen molar-refractivity contribution in [1.82, 2.24) is 19.8 Å². The van der Waals surface area contributed by atoms with Gasteiger partial charge in [0.1, 0.15) is 0 Å². The second-order valence-corrected chi connectivity index (χ2v) is 9.36. The van der Waals surface area contributed by atoms with Gasteiger partial charge in [-0.05, 0) is 55.2 Å². The number of hydrogen-bond donors (Lipinski definition) is 2. The summed E-state index contributed by atoms with van der Waals surface area (Å²) in [5, 5.41) is 2.20. The SMILES string of the molecule is Cc1ccc2c(CC(=O)N3CCN(C(=O)Cc4c[nH]c5cc(C)ccc45)[C@@H](C)C3)c[nH]c2c1. The summed E-state index contributed by atoms with van der Waals surface area (Å²) >= 11 is 0. The van der Waals surface area contributed by atoms with Gasteiger partial charge >= 0.3 is 0 Å². The minimum Gasteiger partial charge on any atom is -0.361 e. The number of hydrogen-bond acceptors (Lipinski definition) is 2. The Morgan fingerprint density at radius 3 is 1.94 bits per heavy atom. The fraction of sp³-hybridized carbons (Fsp3) is 0.333. The van der Waals surface area contributed by atoms with Crippen LogP contribution in [0.2, 0.25) is 0 Å². The lowest BCUT2D eigenvalue weighted by atomic mass is 10.1. The van der Waals surface area contributed by atoms with Crippen molar-refractivity contribution < 1.29 is 9.59 Å². The number of piperazine rings is 1. The van der Waals surface area contributed by atoms with E-state index in [1.165, 1.54) is 11.1 Å². The summed E-state index contributed by atoms with van der Waals surface area (Å²) in [4.78, 5) is 36.5. The van der Waals surface area contributed by atoms with E-state index in [4.69, 9.17) is 0 Å². The third-order valence-corrected chi connectivity index (χ3v) is 6.83.